The van der Waals surface area contributed by atoms with E-state index in [2.05, 4.69) is 61.7 Å². The molecule has 6 nitrogen and oxygen atoms in total. The largest absolute Gasteiger partial charge is 0.466 e. The van der Waals surface area contributed by atoms with E-state index in [4.69, 9.17) is 4.74 Å². The van der Waals surface area contributed by atoms with Gasteiger partial charge in [-0.2, -0.15) is 0 Å². The SMILES string of the molecule is CCC/C=C\C/C=C\CCCCCCCC(=O)OCCCCCCCC/C=C\C/C=C\CCC(=O)NC(CO)C(O)/C=C/CCCCCCCCCCCCCCCCCCCCCC. The van der Waals surface area contributed by atoms with Crippen molar-refractivity contribution < 1.29 is 24.5 Å². The van der Waals surface area contributed by atoms with Crippen LogP contribution in [0, 0.1) is 0 Å². The fourth-order valence-electron chi connectivity index (χ4n) is 8.19. The number of esters is 1. The molecule has 3 N–H and O–H groups in total. The first kappa shape index (κ1) is 62.6. The highest BCUT2D eigenvalue weighted by atomic mass is 16.5. The number of rotatable bonds is 51. The molecule has 0 radical (unpaired) electrons. The Kier molecular flexibility index (Phi) is 52.1. The minimum atomic E-state index is -0.882. The molecule has 65 heavy (non-hydrogen) atoms. The normalized spacial score (nSPS) is 13.1. The first-order valence-electron chi connectivity index (χ1n) is 28.1. The molecule has 0 rings (SSSR count). The highest BCUT2D eigenvalue weighted by Crippen LogP contribution is 2.16. The molecule has 0 aromatic rings. The molecule has 0 spiro atoms. The number of hydrogen-bond acceptors (Lipinski definition) is 5. The lowest BCUT2D eigenvalue weighted by Gasteiger charge is -2.19. The Balaban J connectivity index is 3.60. The highest BCUT2D eigenvalue weighted by Gasteiger charge is 2.17. The van der Waals surface area contributed by atoms with Crippen molar-refractivity contribution in [3.8, 4) is 0 Å². The smallest absolute Gasteiger partial charge is 0.305 e. The van der Waals surface area contributed by atoms with Crippen molar-refractivity contribution in [1.29, 1.82) is 0 Å². The summed E-state index contributed by atoms with van der Waals surface area (Å²) in [6.45, 7) is 4.77. The molecule has 0 saturated heterocycles. The number of amides is 1. The zero-order chi connectivity index (χ0) is 47.2. The molecule has 0 saturated carbocycles. The Hall–Kier alpha value is -2.44. The summed E-state index contributed by atoms with van der Waals surface area (Å²) in [5, 5.41) is 23.1. The van der Waals surface area contributed by atoms with Crippen LogP contribution < -0.4 is 5.32 Å². The molecule has 0 aliphatic carbocycles. The van der Waals surface area contributed by atoms with Gasteiger partial charge in [0, 0.05) is 12.8 Å². The van der Waals surface area contributed by atoms with Crippen molar-refractivity contribution in [2.24, 2.45) is 0 Å². The summed E-state index contributed by atoms with van der Waals surface area (Å²) in [5.74, 6) is -0.183. The van der Waals surface area contributed by atoms with Gasteiger partial charge in [0.05, 0.1) is 25.4 Å². The molecule has 0 fully saturated rings. The van der Waals surface area contributed by atoms with Gasteiger partial charge in [-0.15, -0.1) is 0 Å². The van der Waals surface area contributed by atoms with Crippen molar-refractivity contribution in [3.63, 3.8) is 0 Å². The Bertz CT molecular complexity index is 1140. The highest BCUT2D eigenvalue weighted by molar-refractivity contribution is 5.76. The molecule has 2 atom stereocenters. The Labute approximate surface area is 403 Å². The van der Waals surface area contributed by atoms with Crippen molar-refractivity contribution in [1.82, 2.24) is 5.32 Å². The van der Waals surface area contributed by atoms with E-state index in [0.717, 1.165) is 64.2 Å². The molecule has 1 amide bonds. The van der Waals surface area contributed by atoms with Crippen molar-refractivity contribution in [2.75, 3.05) is 13.2 Å². The summed E-state index contributed by atoms with van der Waals surface area (Å²) in [4.78, 5) is 24.4. The van der Waals surface area contributed by atoms with Gasteiger partial charge in [0.1, 0.15) is 0 Å². The number of carbonyl (C=O) groups is 2. The van der Waals surface area contributed by atoms with Gasteiger partial charge in [0.2, 0.25) is 5.91 Å². The molecular weight excluding hydrogens is 803 g/mol. The van der Waals surface area contributed by atoms with Crippen molar-refractivity contribution in [2.45, 2.75) is 289 Å². The zero-order valence-corrected chi connectivity index (χ0v) is 43.0. The quantitative estimate of drug-likeness (QED) is 0.0321. The maximum Gasteiger partial charge on any atom is 0.305 e. The zero-order valence-electron chi connectivity index (χ0n) is 43.0. The molecular formula is C59H107NO5. The Morgan fingerprint density at radius 1 is 0.431 bits per heavy atom. The van der Waals surface area contributed by atoms with Gasteiger partial charge >= 0.3 is 5.97 Å². The van der Waals surface area contributed by atoms with Crippen molar-refractivity contribution in [3.05, 3.63) is 60.8 Å². The molecule has 6 heteroatoms. The lowest BCUT2D eigenvalue weighted by Crippen LogP contribution is -2.45. The first-order chi connectivity index (χ1) is 32.0. The molecule has 0 bridgehead atoms. The van der Waals surface area contributed by atoms with Gasteiger partial charge in [-0.25, -0.2) is 0 Å². The van der Waals surface area contributed by atoms with Crippen LogP contribution in [0.3, 0.4) is 0 Å². The lowest BCUT2D eigenvalue weighted by molar-refractivity contribution is -0.143. The van der Waals surface area contributed by atoms with Crippen LogP contribution in [0.4, 0.5) is 0 Å². The standard InChI is InChI=1S/C59H107NO5/c1-3-5-7-9-11-13-15-17-18-19-20-21-22-23-24-25-28-31-35-39-43-47-51-57(62)56(55-61)60-58(63)52-48-44-40-36-32-29-26-30-34-38-42-46-50-54-65-59(64)53-49-45-41-37-33-27-16-14-12-10-8-6-4-2/h8,10,14,16,29,32,40,44,47,51,56-57,61-62H,3-7,9,11-13,15,17-28,30-31,33-39,41-43,45-46,48-50,52-55H2,1-2H3,(H,60,63)/b10-8-,16-14-,32-29-,44-40-,51-47+. The van der Waals surface area contributed by atoms with Crippen molar-refractivity contribution >= 4 is 11.9 Å². The number of aliphatic hydroxyl groups is 2. The van der Waals surface area contributed by atoms with Gasteiger partial charge in [-0.1, -0.05) is 248 Å². The fourth-order valence-corrected chi connectivity index (χ4v) is 8.19. The topological polar surface area (TPSA) is 95.9 Å². The summed E-state index contributed by atoms with van der Waals surface area (Å²) in [5.41, 5.74) is 0. The van der Waals surface area contributed by atoms with Gasteiger partial charge in [-0.3, -0.25) is 9.59 Å². The monoisotopic (exact) mass is 910 g/mol. The predicted octanol–water partition coefficient (Wildman–Crippen LogP) is 17.2. The maximum absolute atomic E-state index is 12.4. The second-order valence-electron chi connectivity index (χ2n) is 18.9. The van der Waals surface area contributed by atoms with Crippen LogP contribution in [-0.4, -0.2) is 47.4 Å². The van der Waals surface area contributed by atoms with Crippen LogP contribution in [-0.2, 0) is 14.3 Å². The number of carbonyl (C=O) groups excluding carboxylic acids is 2. The predicted molar refractivity (Wildman–Crippen MR) is 282 cm³/mol. The summed E-state index contributed by atoms with van der Waals surface area (Å²) < 4.78 is 5.44. The van der Waals surface area contributed by atoms with Gasteiger partial charge in [0.25, 0.3) is 0 Å². The van der Waals surface area contributed by atoms with E-state index in [9.17, 15) is 19.8 Å². The van der Waals surface area contributed by atoms with Gasteiger partial charge in [0.15, 0.2) is 0 Å². The van der Waals surface area contributed by atoms with E-state index in [-0.39, 0.29) is 18.5 Å². The van der Waals surface area contributed by atoms with E-state index < -0.39 is 12.1 Å². The molecule has 0 aromatic heterocycles. The molecule has 0 heterocycles. The third-order valence-corrected chi connectivity index (χ3v) is 12.5. The number of ether oxygens (including phenoxy) is 1. The summed E-state index contributed by atoms with van der Waals surface area (Å²) in [6.07, 6.45) is 69.6. The molecule has 0 aliphatic heterocycles. The second-order valence-corrected chi connectivity index (χ2v) is 18.9. The number of nitrogens with one attached hydrogen (secondary N) is 1. The summed E-state index contributed by atoms with van der Waals surface area (Å²) in [6, 6.07) is -0.675. The van der Waals surface area contributed by atoms with E-state index in [1.165, 1.54) is 180 Å². The number of aliphatic hydroxyl groups excluding tert-OH is 2. The average molecular weight is 911 g/mol. The van der Waals surface area contributed by atoms with Gasteiger partial charge in [-0.05, 0) is 77.0 Å². The Morgan fingerprint density at radius 2 is 0.815 bits per heavy atom. The second kappa shape index (κ2) is 54.2. The van der Waals surface area contributed by atoms with Crippen LogP contribution in [0.5, 0.6) is 0 Å². The van der Waals surface area contributed by atoms with E-state index in [0.29, 0.717) is 25.9 Å². The minimum Gasteiger partial charge on any atom is -0.466 e. The van der Waals surface area contributed by atoms with E-state index in [1.54, 1.807) is 6.08 Å². The molecule has 0 aromatic carbocycles. The fraction of sp³-hybridized carbons (Fsp3) is 0.797. The number of unbranched alkanes of at least 4 members (excludes halogenated alkanes) is 32. The molecule has 2 unspecified atom stereocenters. The van der Waals surface area contributed by atoms with Crippen LogP contribution in [0.1, 0.15) is 277 Å². The van der Waals surface area contributed by atoms with Crippen LogP contribution in [0.15, 0.2) is 60.8 Å². The number of hydrogen-bond donors (Lipinski definition) is 3. The molecule has 0 aliphatic rings. The lowest BCUT2D eigenvalue weighted by atomic mass is 10.0. The minimum absolute atomic E-state index is 0.0344. The van der Waals surface area contributed by atoms with E-state index >= 15 is 0 Å². The average Bonchev–Trinajstić information content (AvgIpc) is 3.31. The first-order valence-corrected chi connectivity index (χ1v) is 28.1. The van der Waals surface area contributed by atoms with Gasteiger partial charge < -0.3 is 20.3 Å². The number of allylic oxidation sites excluding steroid dienone is 9. The third-order valence-electron chi connectivity index (χ3n) is 12.5. The van der Waals surface area contributed by atoms with E-state index in [1.807, 2.05) is 12.2 Å². The van der Waals surface area contributed by atoms with Crippen LogP contribution in [0.25, 0.3) is 0 Å². The van der Waals surface area contributed by atoms with Crippen LogP contribution in [0.2, 0.25) is 0 Å². The summed E-state index contributed by atoms with van der Waals surface area (Å²) >= 11 is 0. The molecule has 378 valence electrons. The maximum atomic E-state index is 12.4. The Morgan fingerprint density at radius 3 is 1.26 bits per heavy atom. The summed E-state index contributed by atoms with van der Waals surface area (Å²) in [7, 11) is 0. The van der Waals surface area contributed by atoms with Crippen LogP contribution >= 0.6 is 0 Å². The third kappa shape index (κ3) is 50.8.